The average molecular weight is 335 g/mol. The molecule has 1 aromatic heterocycles. The first-order chi connectivity index (χ1) is 12.1. The minimum absolute atomic E-state index is 0.173. The standard InChI is InChI=1S/C18H13N3O4/c22-18(20-19-12-16-10-11-17(25-16)21(23)24)15-8-6-14(7-9-15)13-4-2-1-3-5-13/h1-12H,(H,20,22)/b19-12+. The fraction of sp³-hybridized carbons (Fsp3) is 0. The van der Waals surface area contributed by atoms with Gasteiger partial charge >= 0.3 is 5.88 Å². The van der Waals surface area contributed by atoms with Gasteiger partial charge in [0.15, 0.2) is 5.76 Å². The molecule has 124 valence electrons. The van der Waals surface area contributed by atoms with Crippen LogP contribution in [0.25, 0.3) is 11.1 Å². The van der Waals surface area contributed by atoms with Crippen molar-refractivity contribution in [2.75, 3.05) is 0 Å². The van der Waals surface area contributed by atoms with E-state index >= 15 is 0 Å². The Hall–Kier alpha value is -3.74. The van der Waals surface area contributed by atoms with Crippen LogP contribution in [0, 0.1) is 10.1 Å². The number of benzene rings is 2. The van der Waals surface area contributed by atoms with Gasteiger partial charge in [-0.05, 0) is 29.3 Å². The average Bonchev–Trinajstić information content (AvgIpc) is 3.12. The maximum absolute atomic E-state index is 12.0. The summed E-state index contributed by atoms with van der Waals surface area (Å²) >= 11 is 0. The number of carbonyl (C=O) groups is 1. The van der Waals surface area contributed by atoms with Crippen LogP contribution in [-0.2, 0) is 0 Å². The Bertz CT molecular complexity index is 915. The summed E-state index contributed by atoms with van der Waals surface area (Å²) in [5, 5.41) is 14.2. The second-order valence-corrected chi connectivity index (χ2v) is 5.08. The van der Waals surface area contributed by atoms with Crippen LogP contribution < -0.4 is 5.43 Å². The molecule has 0 saturated carbocycles. The quantitative estimate of drug-likeness (QED) is 0.437. The molecule has 1 amide bonds. The van der Waals surface area contributed by atoms with Crippen LogP contribution >= 0.6 is 0 Å². The fourth-order valence-electron chi connectivity index (χ4n) is 2.17. The monoisotopic (exact) mass is 335 g/mol. The predicted octanol–water partition coefficient (Wildman–Crippen LogP) is 3.62. The molecule has 0 saturated heterocycles. The van der Waals surface area contributed by atoms with Gasteiger partial charge in [-0.15, -0.1) is 0 Å². The summed E-state index contributed by atoms with van der Waals surface area (Å²) in [6.07, 6.45) is 1.20. The molecule has 0 aliphatic rings. The van der Waals surface area contributed by atoms with E-state index in [-0.39, 0.29) is 11.6 Å². The van der Waals surface area contributed by atoms with Gasteiger partial charge in [-0.2, -0.15) is 5.10 Å². The van der Waals surface area contributed by atoms with Crippen LogP contribution in [0.3, 0.4) is 0 Å². The zero-order valence-corrected chi connectivity index (χ0v) is 13.0. The Kier molecular flexibility index (Phi) is 4.66. The van der Waals surface area contributed by atoms with Crippen LogP contribution in [0.1, 0.15) is 16.1 Å². The van der Waals surface area contributed by atoms with Crippen molar-refractivity contribution in [2.45, 2.75) is 0 Å². The molecule has 2 aromatic carbocycles. The zero-order chi connectivity index (χ0) is 17.6. The molecule has 3 rings (SSSR count). The lowest BCUT2D eigenvalue weighted by Gasteiger charge is -2.03. The van der Waals surface area contributed by atoms with Crippen molar-refractivity contribution in [2.24, 2.45) is 5.10 Å². The van der Waals surface area contributed by atoms with E-state index < -0.39 is 10.8 Å². The molecule has 7 heteroatoms. The first kappa shape index (κ1) is 16.1. The molecule has 25 heavy (non-hydrogen) atoms. The molecule has 3 aromatic rings. The molecule has 7 nitrogen and oxygen atoms in total. The van der Waals surface area contributed by atoms with Crippen LogP contribution in [0.5, 0.6) is 0 Å². The topological polar surface area (TPSA) is 97.7 Å². The number of furan rings is 1. The van der Waals surface area contributed by atoms with Crippen molar-refractivity contribution < 1.29 is 14.1 Å². The van der Waals surface area contributed by atoms with Gasteiger partial charge < -0.3 is 4.42 Å². The number of hydrogen-bond acceptors (Lipinski definition) is 5. The number of carbonyl (C=O) groups excluding carboxylic acids is 1. The van der Waals surface area contributed by atoms with Gasteiger partial charge in [-0.25, -0.2) is 5.43 Å². The minimum atomic E-state index is -0.649. The summed E-state index contributed by atoms with van der Waals surface area (Å²) in [4.78, 5) is 21.9. The van der Waals surface area contributed by atoms with Gasteiger partial charge in [0.1, 0.15) is 4.92 Å². The molecule has 0 fully saturated rings. The van der Waals surface area contributed by atoms with Crippen molar-refractivity contribution in [3.8, 4) is 11.1 Å². The number of hydrazone groups is 1. The summed E-state index contributed by atoms with van der Waals surface area (Å²) in [6.45, 7) is 0. The van der Waals surface area contributed by atoms with E-state index in [2.05, 4.69) is 10.5 Å². The molecule has 1 heterocycles. The normalized spacial score (nSPS) is 10.7. The summed E-state index contributed by atoms with van der Waals surface area (Å²) in [5.41, 5.74) is 4.86. The maximum atomic E-state index is 12.0. The molecule has 0 bridgehead atoms. The van der Waals surface area contributed by atoms with E-state index in [1.165, 1.54) is 18.3 Å². The van der Waals surface area contributed by atoms with E-state index in [1.807, 2.05) is 42.5 Å². The van der Waals surface area contributed by atoms with Gasteiger partial charge in [0, 0.05) is 5.56 Å². The molecule has 0 spiro atoms. The first-order valence-electron chi connectivity index (χ1n) is 7.36. The lowest BCUT2D eigenvalue weighted by atomic mass is 10.0. The number of rotatable bonds is 5. The Morgan fingerprint density at radius 3 is 2.32 bits per heavy atom. The highest BCUT2D eigenvalue weighted by molar-refractivity contribution is 5.95. The molecular formula is C18H13N3O4. The van der Waals surface area contributed by atoms with Crippen molar-refractivity contribution in [3.63, 3.8) is 0 Å². The molecule has 0 unspecified atom stereocenters. The van der Waals surface area contributed by atoms with Crippen molar-refractivity contribution >= 4 is 18.0 Å². The van der Waals surface area contributed by atoms with Gasteiger partial charge in [0.05, 0.1) is 12.3 Å². The lowest BCUT2D eigenvalue weighted by Crippen LogP contribution is -2.17. The van der Waals surface area contributed by atoms with Gasteiger partial charge in [0.25, 0.3) is 5.91 Å². The lowest BCUT2D eigenvalue weighted by molar-refractivity contribution is -0.402. The highest BCUT2D eigenvalue weighted by Gasteiger charge is 2.10. The number of nitro groups is 1. The molecule has 0 atom stereocenters. The van der Waals surface area contributed by atoms with E-state index in [0.717, 1.165) is 11.1 Å². The third-order valence-corrected chi connectivity index (χ3v) is 3.40. The molecule has 0 aliphatic carbocycles. The number of amides is 1. The molecule has 1 N–H and O–H groups in total. The summed E-state index contributed by atoms with van der Waals surface area (Å²) in [7, 11) is 0. The van der Waals surface area contributed by atoms with E-state index in [1.54, 1.807) is 12.1 Å². The van der Waals surface area contributed by atoms with E-state index in [4.69, 9.17) is 4.42 Å². The Morgan fingerprint density at radius 2 is 1.68 bits per heavy atom. The Labute approximate surface area is 142 Å². The predicted molar refractivity (Wildman–Crippen MR) is 92.3 cm³/mol. The van der Waals surface area contributed by atoms with Crippen molar-refractivity contribution in [3.05, 3.63) is 88.2 Å². The third kappa shape index (κ3) is 3.97. The van der Waals surface area contributed by atoms with Gasteiger partial charge in [0.2, 0.25) is 0 Å². The summed E-state index contributed by atoms with van der Waals surface area (Å²) in [5.74, 6) is -0.604. The van der Waals surface area contributed by atoms with Crippen LogP contribution in [0.2, 0.25) is 0 Å². The molecule has 0 aliphatic heterocycles. The summed E-state index contributed by atoms with van der Waals surface area (Å²) < 4.78 is 4.90. The van der Waals surface area contributed by atoms with Gasteiger partial charge in [-0.3, -0.25) is 14.9 Å². The van der Waals surface area contributed by atoms with Crippen LogP contribution in [0.4, 0.5) is 5.88 Å². The maximum Gasteiger partial charge on any atom is 0.433 e. The van der Waals surface area contributed by atoms with E-state index in [0.29, 0.717) is 5.56 Å². The van der Waals surface area contributed by atoms with Crippen molar-refractivity contribution in [1.82, 2.24) is 5.43 Å². The largest absolute Gasteiger partial charge is 0.433 e. The second-order valence-electron chi connectivity index (χ2n) is 5.08. The second kappa shape index (κ2) is 7.22. The molecular weight excluding hydrogens is 322 g/mol. The zero-order valence-electron chi connectivity index (χ0n) is 13.0. The first-order valence-corrected chi connectivity index (χ1v) is 7.36. The SMILES string of the molecule is O=C(N/N=C/c1ccc([N+](=O)[O-])o1)c1ccc(-c2ccccc2)cc1. The summed E-state index contributed by atoms with van der Waals surface area (Å²) in [6, 6.07) is 19.5. The van der Waals surface area contributed by atoms with Crippen molar-refractivity contribution in [1.29, 1.82) is 0 Å². The Balaban J connectivity index is 1.63. The molecule has 0 radical (unpaired) electrons. The van der Waals surface area contributed by atoms with Crippen LogP contribution in [0.15, 0.2) is 76.2 Å². The smallest absolute Gasteiger partial charge is 0.400 e. The highest BCUT2D eigenvalue weighted by atomic mass is 16.6. The number of nitrogens with zero attached hydrogens (tertiary/aromatic N) is 2. The fourth-order valence-corrected chi connectivity index (χ4v) is 2.17. The third-order valence-electron chi connectivity index (χ3n) is 3.40. The number of hydrogen-bond donors (Lipinski definition) is 1. The number of nitrogens with one attached hydrogen (secondary N) is 1. The van der Waals surface area contributed by atoms with Gasteiger partial charge in [-0.1, -0.05) is 42.5 Å². The van der Waals surface area contributed by atoms with E-state index in [9.17, 15) is 14.9 Å². The van der Waals surface area contributed by atoms with Crippen LogP contribution in [-0.4, -0.2) is 17.0 Å². The Morgan fingerprint density at radius 1 is 1.00 bits per heavy atom. The highest BCUT2D eigenvalue weighted by Crippen LogP contribution is 2.19. The minimum Gasteiger partial charge on any atom is -0.400 e.